The van der Waals surface area contributed by atoms with E-state index in [0.29, 0.717) is 21.8 Å². The smallest absolute Gasteiger partial charge is 0.372 e. The van der Waals surface area contributed by atoms with Crippen LogP contribution in [-0.4, -0.2) is 10.6 Å². The highest BCUT2D eigenvalue weighted by atomic mass is 32.2. The van der Waals surface area contributed by atoms with Gasteiger partial charge in [0, 0.05) is 5.25 Å². The molecule has 0 N–H and O–H groups in total. The van der Waals surface area contributed by atoms with Crippen LogP contribution >= 0.6 is 11.8 Å². The lowest BCUT2D eigenvalue weighted by molar-refractivity contribution is -0.0421. The van der Waals surface area contributed by atoms with Gasteiger partial charge in [-0.05, 0) is 116 Å². The van der Waals surface area contributed by atoms with Gasteiger partial charge in [0.15, 0.2) is 0 Å². The summed E-state index contributed by atoms with van der Waals surface area (Å²) in [5, 5.41) is 0.207. The number of para-hydroxylation sites is 1. The molecule has 0 heterocycles. The number of unbranched alkanes of at least 4 members (excludes halogenated alkanes) is 5. The van der Waals surface area contributed by atoms with Crippen LogP contribution in [0.25, 0.3) is 0 Å². The molecule has 3 heteroatoms. The average Bonchev–Trinajstić information content (AvgIpc) is 3.23. The van der Waals surface area contributed by atoms with E-state index in [1.165, 1.54) is 95.2 Å². The second-order valence-electron chi connectivity index (χ2n) is 13.3. The van der Waals surface area contributed by atoms with Crippen LogP contribution in [-0.2, 0) is 0 Å². The minimum absolute atomic E-state index is 0.148. The van der Waals surface area contributed by atoms with Crippen LogP contribution in [0.5, 0.6) is 5.75 Å². The fourth-order valence-corrected chi connectivity index (χ4v) is 10.1. The summed E-state index contributed by atoms with van der Waals surface area (Å²) in [5.74, 6) is 4.27. The first kappa shape index (κ1) is 27.4. The number of allylic oxidation sites excluding steroid dienone is 2. The Balaban J connectivity index is 1.18. The van der Waals surface area contributed by atoms with E-state index in [0.717, 1.165) is 36.5 Å². The molecule has 1 aromatic rings. The predicted molar refractivity (Wildman–Crippen MR) is 157 cm³/mol. The van der Waals surface area contributed by atoms with Gasteiger partial charge < -0.3 is 4.74 Å². The fraction of sp³-hybridized carbons (Fsp3) is 0.735. The van der Waals surface area contributed by atoms with Crippen molar-refractivity contribution in [3.63, 3.8) is 0 Å². The predicted octanol–water partition coefficient (Wildman–Crippen LogP) is 10.6. The van der Waals surface area contributed by atoms with Crippen LogP contribution in [0.15, 0.2) is 42.0 Å². The highest BCUT2D eigenvalue weighted by molar-refractivity contribution is 8.13. The molecule has 0 saturated heterocycles. The summed E-state index contributed by atoms with van der Waals surface area (Å²) < 4.78 is 5.59. The summed E-state index contributed by atoms with van der Waals surface area (Å²) in [6, 6.07) is 9.50. The third kappa shape index (κ3) is 5.73. The van der Waals surface area contributed by atoms with Crippen LogP contribution < -0.4 is 4.74 Å². The average molecular weight is 523 g/mol. The highest BCUT2D eigenvalue weighted by Crippen LogP contribution is 2.67. The zero-order valence-corrected chi connectivity index (χ0v) is 24.5. The van der Waals surface area contributed by atoms with E-state index in [4.69, 9.17) is 4.74 Å². The lowest BCUT2D eigenvalue weighted by atomic mass is 9.47. The summed E-state index contributed by atoms with van der Waals surface area (Å²) in [4.78, 5) is 12.6. The molecule has 4 aliphatic carbocycles. The Kier molecular flexibility index (Phi) is 8.79. The van der Waals surface area contributed by atoms with Gasteiger partial charge in [-0.3, -0.25) is 0 Å². The van der Waals surface area contributed by atoms with E-state index in [1.54, 1.807) is 5.57 Å². The van der Waals surface area contributed by atoms with Crippen LogP contribution in [0.4, 0.5) is 4.79 Å². The van der Waals surface area contributed by atoms with Crippen molar-refractivity contribution >= 4 is 17.1 Å². The van der Waals surface area contributed by atoms with Gasteiger partial charge in [-0.15, -0.1) is 0 Å². The van der Waals surface area contributed by atoms with Crippen molar-refractivity contribution < 1.29 is 9.53 Å². The topological polar surface area (TPSA) is 26.3 Å². The number of ether oxygens (including phenoxy) is 1. The summed E-state index contributed by atoms with van der Waals surface area (Å²) >= 11 is 1.43. The van der Waals surface area contributed by atoms with E-state index < -0.39 is 0 Å². The van der Waals surface area contributed by atoms with E-state index in [2.05, 4.69) is 26.8 Å². The zero-order valence-electron chi connectivity index (χ0n) is 23.7. The van der Waals surface area contributed by atoms with E-state index in [9.17, 15) is 4.79 Å². The van der Waals surface area contributed by atoms with E-state index >= 15 is 0 Å². The zero-order chi connectivity index (χ0) is 25.9. The molecule has 5 rings (SSSR count). The Morgan fingerprint density at radius 1 is 0.946 bits per heavy atom. The lowest BCUT2D eigenvalue weighted by Crippen LogP contribution is -2.50. The summed E-state index contributed by atoms with van der Waals surface area (Å²) in [6.45, 7) is 7.59. The van der Waals surface area contributed by atoms with Crippen molar-refractivity contribution in [2.75, 3.05) is 0 Å². The van der Waals surface area contributed by atoms with Crippen molar-refractivity contribution in [1.29, 1.82) is 0 Å². The first-order valence-corrected chi connectivity index (χ1v) is 16.4. The summed E-state index contributed by atoms with van der Waals surface area (Å²) in [5.41, 5.74) is 2.60. The maximum Gasteiger partial charge on any atom is 0.372 e. The van der Waals surface area contributed by atoms with E-state index in [-0.39, 0.29) is 5.30 Å². The molecule has 204 valence electrons. The molecule has 3 fully saturated rings. The molecule has 0 amide bonds. The number of benzene rings is 1. The number of fused-ring (bicyclic) bond motifs is 5. The Bertz CT molecular complexity index is 940. The number of rotatable bonds is 9. The molecule has 7 atom stereocenters. The molecule has 0 aromatic heterocycles. The molecule has 1 aromatic carbocycles. The Labute approximate surface area is 230 Å². The second-order valence-corrected chi connectivity index (χ2v) is 14.5. The number of carbonyl (C=O) groups excluding carboxylic acids is 1. The third-order valence-electron chi connectivity index (χ3n) is 11.4. The quantitative estimate of drug-likeness (QED) is 0.183. The summed E-state index contributed by atoms with van der Waals surface area (Å²) in [7, 11) is 0. The Hall–Kier alpha value is -1.22. The Morgan fingerprint density at radius 2 is 1.73 bits per heavy atom. The number of carbonyl (C=O) groups is 1. The van der Waals surface area contributed by atoms with Gasteiger partial charge >= 0.3 is 5.30 Å². The van der Waals surface area contributed by atoms with Crippen molar-refractivity contribution in [1.82, 2.24) is 0 Å². The molecule has 0 spiro atoms. The molecule has 2 nitrogen and oxygen atoms in total. The van der Waals surface area contributed by atoms with Gasteiger partial charge in [0.2, 0.25) is 0 Å². The van der Waals surface area contributed by atoms with Gasteiger partial charge in [0.05, 0.1) is 0 Å². The molecular weight excluding hydrogens is 472 g/mol. The van der Waals surface area contributed by atoms with Crippen molar-refractivity contribution in [2.24, 2.45) is 34.5 Å². The molecule has 4 unspecified atom stereocenters. The maximum absolute atomic E-state index is 12.6. The maximum atomic E-state index is 12.6. The van der Waals surface area contributed by atoms with Crippen LogP contribution in [0, 0.1) is 34.5 Å². The number of thioether (sulfide) groups is 1. The molecular formula is C34H50O2S. The van der Waals surface area contributed by atoms with Gasteiger partial charge in [-0.25, -0.2) is 4.79 Å². The minimum Gasteiger partial charge on any atom is -0.418 e. The molecule has 37 heavy (non-hydrogen) atoms. The normalized spacial score (nSPS) is 36.7. The van der Waals surface area contributed by atoms with Crippen molar-refractivity contribution in [2.45, 2.75) is 122 Å². The van der Waals surface area contributed by atoms with Gasteiger partial charge in [0.25, 0.3) is 0 Å². The van der Waals surface area contributed by atoms with Gasteiger partial charge in [0.1, 0.15) is 5.75 Å². The molecule has 0 radical (unpaired) electrons. The van der Waals surface area contributed by atoms with Crippen molar-refractivity contribution in [3.05, 3.63) is 42.0 Å². The van der Waals surface area contributed by atoms with E-state index in [1.807, 2.05) is 30.3 Å². The van der Waals surface area contributed by atoms with Crippen LogP contribution in [0.2, 0.25) is 0 Å². The monoisotopic (exact) mass is 522 g/mol. The second kappa shape index (κ2) is 11.9. The number of hydrogen-bond donors (Lipinski definition) is 0. The standard InChI is InChI=1S/C34H50O2S/c1-4-5-6-7-8-10-13-25-17-19-30-29-18-16-26-24-28(37-32(35)36-27-14-11-9-12-15-27)20-22-34(26,3)31(29)21-23-33(25,30)2/h9,11-12,14-16,25,28-31H,4-8,10,13,17-24H2,1-3H3/t25?,28-,29?,30?,31?,33+,34-/m0/s1. The lowest BCUT2D eigenvalue weighted by Gasteiger charge is -2.58. The van der Waals surface area contributed by atoms with Gasteiger partial charge in [-0.2, -0.15) is 0 Å². The SMILES string of the molecule is CCCCCCCCC1CCC2C3CC=C4C[C@@H](SC(=O)Oc5ccccc5)CC[C@]4(C)C3CC[C@]12C. The highest BCUT2D eigenvalue weighted by Gasteiger charge is 2.58. The fourth-order valence-electron chi connectivity index (χ4n) is 9.23. The minimum atomic E-state index is -0.148. The first-order chi connectivity index (χ1) is 17.9. The molecule has 0 bridgehead atoms. The van der Waals surface area contributed by atoms with Crippen LogP contribution in [0.3, 0.4) is 0 Å². The van der Waals surface area contributed by atoms with Crippen molar-refractivity contribution in [3.8, 4) is 5.75 Å². The molecule has 0 aliphatic heterocycles. The number of hydrogen-bond acceptors (Lipinski definition) is 3. The Morgan fingerprint density at radius 3 is 2.54 bits per heavy atom. The molecule has 4 aliphatic rings. The third-order valence-corrected chi connectivity index (χ3v) is 12.4. The molecule has 3 saturated carbocycles. The first-order valence-electron chi connectivity index (χ1n) is 15.6. The summed E-state index contributed by atoms with van der Waals surface area (Å²) in [6.07, 6.45) is 23.2. The van der Waals surface area contributed by atoms with Gasteiger partial charge in [-0.1, -0.05) is 89.1 Å². The van der Waals surface area contributed by atoms with Crippen LogP contribution in [0.1, 0.15) is 117 Å². The largest absolute Gasteiger partial charge is 0.418 e.